The standard InChI is InChI=1S/C54H62F6N10O6/c1-33-46(65-69(39-12-7-5-8-13-39)50(33)63-52(72)61-47-29-67(17-20-74-3)27-42(47)35-22-37(55)25-38(56)23-35)16-11-19-76-31-36-24-44(57)45(58)26-41(36)43-28-68(18-21-75-4)30-48(43)62-53(73)64-51-34(2)49(54(59,60)32-71)66-70(51)40-14-9-6-10-15-40/h5-10,12-15,22-26,42-43,47-48,71H,11,16-21,27-32H2,1-4H3,(H2,61,63,72)(H2,62,64,73)/t42-,43-,47+,48+/m0/s1. The Labute approximate surface area is 436 Å². The Hall–Kier alpha value is -6.82. The van der Waals surface area contributed by atoms with Gasteiger partial charge in [-0.2, -0.15) is 19.0 Å². The lowest BCUT2D eigenvalue weighted by molar-refractivity contribution is -0.0599. The number of hydrogen-bond acceptors (Lipinski definition) is 10. The summed E-state index contributed by atoms with van der Waals surface area (Å²) in [6.07, 6.45) is 0.836. The maximum absolute atomic E-state index is 15.2. The summed E-state index contributed by atoms with van der Waals surface area (Å²) in [5, 5.41) is 30.1. The number of urea groups is 2. The quantitative estimate of drug-likeness (QED) is 0.0332. The number of aromatic nitrogens is 4. The Morgan fingerprint density at radius 1 is 0.684 bits per heavy atom. The number of ether oxygens (including phenoxy) is 3. The fourth-order valence-electron chi connectivity index (χ4n) is 10.0. The largest absolute Gasteiger partial charge is 0.390 e. The van der Waals surface area contributed by atoms with E-state index < -0.39 is 77.5 Å². The van der Waals surface area contributed by atoms with Crippen molar-refractivity contribution in [2.75, 3.05) is 90.5 Å². The van der Waals surface area contributed by atoms with E-state index >= 15 is 8.78 Å². The number of methoxy groups -OCH3 is 2. The maximum atomic E-state index is 15.2. The number of benzene rings is 4. The molecule has 4 atom stereocenters. The fraction of sp³-hybridized carbons (Fsp3) is 0.407. The number of nitrogens with one attached hydrogen (secondary N) is 4. The lowest BCUT2D eigenvalue weighted by Crippen LogP contribution is -2.43. The van der Waals surface area contributed by atoms with E-state index in [1.54, 1.807) is 49.2 Å². The van der Waals surface area contributed by atoms with Crippen LogP contribution in [0.2, 0.25) is 0 Å². The first kappa shape index (κ1) is 55.4. The normalized spacial score (nSPS) is 18.1. The van der Waals surface area contributed by atoms with Crippen molar-refractivity contribution < 1.29 is 55.2 Å². The molecule has 6 aromatic rings. The number of rotatable bonds is 22. The van der Waals surface area contributed by atoms with Crippen molar-refractivity contribution in [1.82, 2.24) is 40.0 Å². The van der Waals surface area contributed by atoms with Gasteiger partial charge in [0.05, 0.1) is 49.0 Å². The molecule has 0 aliphatic carbocycles. The number of carbonyl (C=O) groups is 2. The number of carbonyl (C=O) groups excluding carboxylic acids is 2. The van der Waals surface area contributed by atoms with Crippen molar-refractivity contribution in [2.45, 2.75) is 63.1 Å². The molecule has 406 valence electrons. The van der Waals surface area contributed by atoms with Gasteiger partial charge in [0.1, 0.15) is 35.6 Å². The summed E-state index contributed by atoms with van der Waals surface area (Å²) in [6.45, 7) is 5.01. The van der Waals surface area contributed by atoms with Crippen LogP contribution in [0, 0.1) is 37.1 Å². The number of anilines is 2. The second-order valence-electron chi connectivity index (χ2n) is 19.1. The van der Waals surface area contributed by atoms with Gasteiger partial charge in [0.2, 0.25) is 0 Å². The molecule has 4 heterocycles. The molecule has 0 unspecified atom stereocenters. The summed E-state index contributed by atoms with van der Waals surface area (Å²) in [7, 11) is 3.14. The number of amides is 4. The average Bonchev–Trinajstić information content (AvgIpc) is 4.17. The summed E-state index contributed by atoms with van der Waals surface area (Å²) in [4.78, 5) is 31.9. The third-order valence-electron chi connectivity index (χ3n) is 13.9. The molecule has 0 spiro atoms. The van der Waals surface area contributed by atoms with Crippen LogP contribution in [-0.4, -0.2) is 139 Å². The molecule has 8 rings (SSSR count). The van der Waals surface area contributed by atoms with Crippen LogP contribution in [0.4, 0.5) is 47.6 Å². The Bertz CT molecular complexity index is 2930. The lowest BCUT2D eigenvalue weighted by Gasteiger charge is -2.23. The molecule has 0 bridgehead atoms. The predicted molar refractivity (Wildman–Crippen MR) is 272 cm³/mol. The first-order valence-electron chi connectivity index (χ1n) is 24.9. The van der Waals surface area contributed by atoms with E-state index in [1.807, 2.05) is 42.2 Å². The monoisotopic (exact) mass is 1060 g/mol. The summed E-state index contributed by atoms with van der Waals surface area (Å²) >= 11 is 0. The van der Waals surface area contributed by atoms with Crippen molar-refractivity contribution >= 4 is 23.7 Å². The topological polar surface area (TPSA) is 172 Å². The minimum absolute atomic E-state index is 0.0544. The van der Waals surface area contributed by atoms with E-state index in [0.29, 0.717) is 104 Å². The van der Waals surface area contributed by atoms with E-state index in [4.69, 9.17) is 19.3 Å². The molecule has 5 N–H and O–H groups in total. The highest BCUT2D eigenvalue weighted by molar-refractivity contribution is 5.90. The van der Waals surface area contributed by atoms with Gasteiger partial charge >= 0.3 is 18.0 Å². The number of hydrogen-bond donors (Lipinski definition) is 5. The minimum atomic E-state index is -3.71. The van der Waals surface area contributed by atoms with E-state index in [2.05, 4.69) is 31.3 Å². The number of nitrogens with zero attached hydrogens (tertiary/aromatic N) is 6. The molecule has 2 aliphatic rings. The second-order valence-corrected chi connectivity index (χ2v) is 19.1. The van der Waals surface area contributed by atoms with Crippen LogP contribution in [0.25, 0.3) is 11.4 Å². The zero-order valence-corrected chi connectivity index (χ0v) is 42.6. The Morgan fingerprint density at radius 2 is 1.21 bits per heavy atom. The van der Waals surface area contributed by atoms with Crippen molar-refractivity contribution in [2.24, 2.45) is 0 Å². The zero-order valence-electron chi connectivity index (χ0n) is 42.6. The van der Waals surface area contributed by atoms with Gasteiger partial charge in [0, 0.05) is 89.1 Å². The van der Waals surface area contributed by atoms with Crippen LogP contribution in [0.3, 0.4) is 0 Å². The van der Waals surface area contributed by atoms with Crippen LogP contribution < -0.4 is 21.3 Å². The average molecular weight is 1060 g/mol. The van der Waals surface area contributed by atoms with Gasteiger partial charge < -0.3 is 30.0 Å². The summed E-state index contributed by atoms with van der Waals surface area (Å²) in [5.41, 5.74) is 2.81. The van der Waals surface area contributed by atoms with Gasteiger partial charge in [-0.05, 0) is 91.9 Å². The van der Waals surface area contributed by atoms with Crippen molar-refractivity contribution in [3.05, 3.63) is 153 Å². The molecule has 2 saturated heterocycles. The van der Waals surface area contributed by atoms with Crippen LogP contribution in [0.5, 0.6) is 0 Å². The highest BCUT2D eigenvalue weighted by Crippen LogP contribution is 2.36. The van der Waals surface area contributed by atoms with Gasteiger partial charge in [0.25, 0.3) is 0 Å². The van der Waals surface area contributed by atoms with E-state index in [9.17, 15) is 32.3 Å². The van der Waals surface area contributed by atoms with Gasteiger partial charge in [0.15, 0.2) is 11.6 Å². The van der Waals surface area contributed by atoms with Crippen molar-refractivity contribution in [1.29, 1.82) is 0 Å². The third kappa shape index (κ3) is 13.0. The number of aliphatic hydroxyl groups excluding tert-OH is 1. The summed E-state index contributed by atoms with van der Waals surface area (Å²) in [6, 6.07) is 20.6. The minimum Gasteiger partial charge on any atom is -0.390 e. The van der Waals surface area contributed by atoms with Crippen LogP contribution in [0.1, 0.15) is 57.5 Å². The van der Waals surface area contributed by atoms with Gasteiger partial charge in [-0.15, -0.1) is 0 Å². The van der Waals surface area contributed by atoms with Gasteiger partial charge in [-0.1, -0.05) is 36.4 Å². The maximum Gasteiger partial charge on any atom is 0.320 e. The number of alkyl halides is 2. The van der Waals surface area contributed by atoms with Crippen molar-refractivity contribution in [3.63, 3.8) is 0 Å². The van der Waals surface area contributed by atoms with Crippen LogP contribution in [0.15, 0.2) is 91.0 Å². The van der Waals surface area contributed by atoms with Crippen LogP contribution in [-0.2, 0) is 33.2 Å². The van der Waals surface area contributed by atoms with Gasteiger partial charge in [-0.3, -0.25) is 20.4 Å². The summed E-state index contributed by atoms with van der Waals surface area (Å²) in [5.74, 6) is -7.94. The van der Waals surface area contributed by atoms with Crippen LogP contribution >= 0.6 is 0 Å². The first-order valence-corrected chi connectivity index (χ1v) is 24.9. The molecule has 0 saturated carbocycles. The molecule has 2 fully saturated rings. The smallest absolute Gasteiger partial charge is 0.320 e. The number of aliphatic hydroxyl groups is 1. The highest BCUT2D eigenvalue weighted by atomic mass is 19.3. The lowest BCUT2D eigenvalue weighted by atomic mass is 9.90. The molecule has 4 amide bonds. The fourth-order valence-corrected chi connectivity index (χ4v) is 10.0. The first-order chi connectivity index (χ1) is 36.6. The molecule has 4 aromatic carbocycles. The Morgan fingerprint density at radius 3 is 1.78 bits per heavy atom. The van der Waals surface area contributed by atoms with Crippen molar-refractivity contribution in [3.8, 4) is 11.4 Å². The molecule has 2 aliphatic heterocycles. The van der Waals surface area contributed by atoms with E-state index in [1.165, 1.54) is 19.1 Å². The van der Waals surface area contributed by atoms with E-state index in [0.717, 1.165) is 22.9 Å². The SMILES string of the molecule is COCCN1C[C@@H](NC(=O)Nc2c(C)c(CCCOCc3cc(F)c(F)cc3[C@@H]3CN(CCOC)C[C@H]3NC(=O)Nc3c(C)c(C(F)(F)CO)nn3-c3ccccc3)nn2-c2ccccc2)[C@H](c2cc(F)cc(F)c2)C1. The highest BCUT2D eigenvalue weighted by Gasteiger charge is 2.40. The molecule has 16 nitrogen and oxygen atoms in total. The number of halogens is 6. The molecule has 0 radical (unpaired) electrons. The summed E-state index contributed by atoms with van der Waals surface area (Å²) < 4.78 is 108. The second kappa shape index (κ2) is 24.9. The molecule has 22 heteroatoms. The predicted octanol–water partition coefficient (Wildman–Crippen LogP) is 7.94. The van der Waals surface area contributed by atoms with E-state index in [-0.39, 0.29) is 31.1 Å². The molecule has 76 heavy (non-hydrogen) atoms. The third-order valence-corrected chi connectivity index (χ3v) is 13.9. The Kier molecular flexibility index (Phi) is 18.2. The van der Waals surface area contributed by atoms with Gasteiger partial charge in [-0.25, -0.2) is 36.5 Å². The molecular weight excluding hydrogens is 999 g/mol. The molecular formula is C54H62F6N10O6. The number of para-hydroxylation sites is 2. The molecule has 2 aromatic heterocycles. The Balaban J connectivity index is 0.956. The number of aryl methyl sites for hydroxylation is 1. The zero-order chi connectivity index (χ0) is 54.1. The number of likely N-dealkylation sites (tertiary alicyclic amines) is 2.